The van der Waals surface area contributed by atoms with Crippen LogP contribution < -0.4 is 9.47 Å². The summed E-state index contributed by atoms with van der Waals surface area (Å²) in [7, 11) is 0. The zero-order valence-corrected chi connectivity index (χ0v) is 19.7. The SMILES string of the molecule is CCCCCCOc1cc(OCCCCCC)cc(-c2ccc3cc(CF)ccc3c2)c1. The summed E-state index contributed by atoms with van der Waals surface area (Å²) in [4.78, 5) is 0. The minimum Gasteiger partial charge on any atom is -0.493 e. The van der Waals surface area contributed by atoms with Crippen molar-refractivity contribution in [2.45, 2.75) is 71.9 Å². The molecule has 3 heteroatoms. The highest BCUT2D eigenvalue weighted by Gasteiger charge is 2.08. The van der Waals surface area contributed by atoms with Crippen LogP contribution in [0.25, 0.3) is 21.9 Å². The van der Waals surface area contributed by atoms with E-state index >= 15 is 0 Å². The van der Waals surface area contributed by atoms with Crippen LogP contribution in [-0.2, 0) is 6.67 Å². The fourth-order valence-electron chi connectivity index (χ4n) is 3.90. The highest BCUT2D eigenvalue weighted by molar-refractivity contribution is 5.88. The van der Waals surface area contributed by atoms with Gasteiger partial charge in [-0.3, -0.25) is 0 Å². The van der Waals surface area contributed by atoms with E-state index in [1.165, 1.54) is 38.5 Å². The molecule has 2 nitrogen and oxygen atoms in total. The van der Waals surface area contributed by atoms with Gasteiger partial charge in [0.1, 0.15) is 18.2 Å². The lowest BCUT2D eigenvalue weighted by atomic mass is 9.99. The molecular formula is C29H37FO2. The molecule has 0 bridgehead atoms. The van der Waals surface area contributed by atoms with E-state index < -0.39 is 6.67 Å². The zero-order valence-electron chi connectivity index (χ0n) is 19.7. The monoisotopic (exact) mass is 436 g/mol. The van der Waals surface area contributed by atoms with Gasteiger partial charge in [0.15, 0.2) is 0 Å². The third-order valence-electron chi connectivity index (χ3n) is 5.81. The van der Waals surface area contributed by atoms with Gasteiger partial charge in [-0.15, -0.1) is 0 Å². The molecule has 0 saturated heterocycles. The van der Waals surface area contributed by atoms with Gasteiger partial charge in [-0.2, -0.15) is 0 Å². The van der Waals surface area contributed by atoms with Gasteiger partial charge in [-0.25, -0.2) is 4.39 Å². The molecule has 3 rings (SSSR count). The number of ether oxygens (including phenoxy) is 2. The van der Waals surface area contributed by atoms with Gasteiger partial charge in [-0.1, -0.05) is 76.6 Å². The lowest BCUT2D eigenvalue weighted by molar-refractivity contribution is 0.290. The molecule has 0 saturated carbocycles. The summed E-state index contributed by atoms with van der Waals surface area (Å²) in [6, 6.07) is 18.3. The van der Waals surface area contributed by atoms with Crippen molar-refractivity contribution < 1.29 is 13.9 Å². The summed E-state index contributed by atoms with van der Waals surface area (Å²) in [6.45, 7) is 5.45. The zero-order chi connectivity index (χ0) is 22.6. The predicted octanol–water partition coefficient (Wildman–Crippen LogP) is 8.89. The van der Waals surface area contributed by atoms with Gasteiger partial charge in [-0.05, 0) is 64.6 Å². The molecule has 0 aliphatic rings. The first kappa shape index (κ1) is 24.1. The van der Waals surface area contributed by atoms with Crippen molar-refractivity contribution in [3.05, 3.63) is 60.2 Å². The van der Waals surface area contributed by atoms with Crippen molar-refractivity contribution in [2.75, 3.05) is 13.2 Å². The van der Waals surface area contributed by atoms with Crippen LogP contribution in [-0.4, -0.2) is 13.2 Å². The smallest absolute Gasteiger partial charge is 0.123 e. The van der Waals surface area contributed by atoms with E-state index in [9.17, 15) is 4.39 Å². The second-order valence-corrected chi connectivity index (χ2v) is 8.54. The van der Waals surface area contributed by atoms with Crippen LogP contribution in [0.5, 0.6) is 11.5 Å². The quantitative estimate of drug-likeness (QED) is 0.235. The molecule has 0 N–H and O–H groups in total. The van der Waals surface area contributed by atoms with Crippen LogP contribution in [0, 0.1) is 0 Å². The largest absolute Gasteiger partial charge is 0.493 e. The third-order valence-corrected chi connectivity index (χ3v) is 5.81. The van der Waals surface area contributed by atoms with Crippen molar-refractivity contribution in [2.24, 2.45) is 0 Å². The molecule has 0 unspecified atom stereocenters. The number of unbranched alkanes of at least 4 members (excludes halogenated alkanes) is 6. The van der Waals surface area contributed by atoms with Crippen molar-refractivity contribution in [3.63, 3.8) is 0 Å². The predicted molar refractivity (Wildman–Crippen MR) is 133 cm³/mol. The summed E-state index contributed by atoms with van der Waals surface area (Å²) in [5.74, 6) is 1.71. The number of halogens is 1. The van der Waals surface area contributed by atoms with Gasteiger partial charge in [0, 0.05) is 6.07 Å². The number of rotatable bonds is 14. The molecule has 172 valence electrons. The minimum absolute atomic E-state index is 0.436. The maximum atomic E-state index is 13.0. The minimum atomic E-state index is -0.436. The summed E-state index contributed by atoms with van der Waals surface area (Å²) in [5.41, 5.74) is 2.90. The first-order valence-electron chi connectivity index (χ1n) is 12.2. The first-order chi connectivity index (χ1) is 15.7. The van der Waals surface area contributed by atoms with Crippen molar-refractivity contribution in [3.8, 4) is 22.6 Å². The fraction of sp³-hybridized carbons (Fsp3) is 0.448. The van der Waals surface area contributed by atoms with Gasteiger partial charge < -0.3 is 9.47 Å². The van der Waals surface area contributed by atoms with Crippen LogP contribution in [0.1, 0.15) is 70.8 Å². The van der Waals surface area contributed by atoms with Crippen molar-refractivity contribution >= 4 is 10.8 Å². The molecule has 0 aliphatic heterocycles. The average Bonchev–Trinajstić information content (AvgIpc) is 2.83. The molecule has 0 spiro atoms. The highest BCUT2D eigenvalue weighted by Crippen LogP contribution is 2.32. The Bertz CT molecular complexity index is 934. The maximum Gasteiger partial charge on any atom is 0.123 e. The highest BCUT2D eigenvalue weighted by atomic mass is 19.1. The molecule has 0 aliphatic carbocycles. The maximum absolute atomic E-state index is 13.0. The normalized spacial score (nSPS) is 11.1. The van der Waals surface area contributed by atoms with E-state index in [1.54, 1.807) is 0 Å². The number of alkyl halides is 1. The number of fused-ring (bicyclic) bond motifs is 1. The molecule has 3 aromatic rings. The molecular weight excluding hydrogens is 399 g/mol. The lowest BCUT2D eigenvalue weighted by Gasteiger charge is -2.13. The first-order valence-corrected chi connectivity index (χ1v) is 12.2. The Morgan fingerprint density at radius 2 is 1.19 bits per heavy atom. The van der Waals surface area contributed by atoms with E-state index in [4.69, 9.17) is 9.47 Å². The molecule has 32 heavy (non-hydrogen) atoms. The van der Waals surface area contributed by atoms with Crippen LogP contribution >= 0.6 is 0 Å². The standard InChI is InChI=1S/C29H37FO2/c1-3-5-7-9-15-31-28-19-27(20-29(21-28)32-16-10-8-6-4-2)26-14-13-24-17-23(22-30)11-12-25(24)18-26/h11-14,17-21H,3-10,15-16,22H2,1-2H3. The van der Waals surface area contributed by atoms with Crippen molar-refractivity contribution in [1.82, 2.24) is 0 Å². The van der Waals surface area contributed by atoms with E-state index in [0.29, 0.717) is 5.56 Å². The van der Waals surface area contributed by atoms with Crippen LogP contribution in [0.4, 0.5) is 4.39 Å². The fourth-order valence-corrected chi connectivity index (χ4v) is 3.90. The third kappa shape index (κ3) is 7.25. The molecule has 0 fully saturated rings. The van der Waals surface area contributed by atoms with E-state index in [0.717, 1.165) is 59.5 Å². The number of benzene rings is 3. The Balaban J connectivity index is 1.79. The second-order valence-electron chi connectivity index (χ2n) is 8.54. The molecule has 0 amide bonds. The molecule has 0 radical (unpaired) electrons. The summed E-state index contributed by atoms with van der Waals surface area (Å²) >= 11 is 0. The van der Waals surface area contributed by atoms with E-state index in [1.807, 2.05) is 24.3 Å². The van der Waals surface area contributed by atoms with Crippen LogP contribution in [0.3, 0.4) is 0 Å². The summed E-state index contributed by atoms with van der Waals surface area (Å²) in [6.07, 6.45) is 9.47. The number of hydrogen-bond acceptors (Lipinski definition) is 2. The van der Waals surface area contributed by atoms with E-state index in [-0.39, 0.29) is 0 Å². The Morgan fingerprint density at radius 3 is 1.78 bits per heavy atom. The molecule has 0 aromatic heterocycles. The Labute approximate surface area is 192 Å². The molecule has 3 aromatic carbocycles. The molecule has 0 heterocycles. The van der Waals surface area contributed by atoms with Crippen molar-refractivity contribution in [1.29, 1.82) is 0 Å². The Kier molecular flexibility index (Phi) is 9.87. The van der Waals surface area contributed by atoms with Gasteiger partial charge >= 0.3 is 0 Å². The van der Waals surface area contributed by atoms with Gasteiger partial charge in [0.25, 0.3) is 0 Å². The lowest BCUT2D eigenvalue weighted by Crippen LogP contribution is -2.00. The second kappa shape index (κ2) is 13.1. The van der Waals surface area contributed by atoms with Gasteiger partial charge in [0.2, 0.25) is 0 Å². The summed E-state index contributed by atoms with van der Waals surface area (Å²) < 4.78 is 25.2. The summed E-state index contributed by atoms with van der Waals surface area (Å²) in [5, 5.41) is 2.16. The van der Waals surface area contributed by atoms with Crippen LogP contribution in [0.15, 0.2) is 54.6 Å². The number of hydrogen-bond donors (Lipinski definition) is 0. The van der Waals surface area contributed by atoms with Gasteiger partial charge in [0.05, 0.1) is 13.2 Å². The average molecular weight is 437 g/mol. The molecule has 0 atom stereocenters. The topological polar surface area (TPSA) is 18.5 Å². The van der Waals surface area contributed by atoms with Crippen LogP contribution in [0.2, 0.25) is 0 Å². The van der Waals surface area contributed by atoms with E-state index in [2.05, 4.69) is 44.2 Å². The Morgan fingerprint density at radius 1 is 0.594 bits per heavy atom. The Hall–Kier alpha value is -2.55.